The van der Waals surface area contributed by atoms with E-state index in [1.54, 1.807) is 0 Å². The van der Waals surface area contributed by atoms with Gasteiger partial charge in [-0.3, -0.25) is 0 Å². The Kier molecular flexibility index (Phi) is 2.93. The summed E-state index contributed by atoms with van der Waals surface area (Å²) in [6.07, 6.45) is 0. The molecule has 3 heteroatoms. The number of nitrogens with zero attached hydrogens (tertiary/aromatic N) is 1. The average Bonchev–Trinajstić information content (AvgIpc) is 2.23. The first-order valence-corrected chi connectivity index (χ1v) is 9.73. The van der Waals surface area contributed by atoms with Crippen molar-refractivity contribution in [2.24, 2.45) is 0 Å². The highest BCUT2D eigenvalue weighted by Gasteiger charge is 2.49. The predicted octanol–water partition coefficient (Wildman–Crippen LogP) is 3.71. The van der Waals surface area contributed by atoms with Gasteiger partial charge in [0.05, 0.1) is 19.1 Å². The molecule has 86 valence electrons. The molecule has 1 aromatic rings. The van der Waals surface area contributed by atoms with E-state index < -0.39 is 8.07 Å². The molecule has 1 heterocycles. The van der Waals surface area contributed by atoms with Gasteiger partial charge in [-0.05, 0) is 5.56 Å². The van der Waals surface area contributed by atoms with Crippen LogP contribution >= 0.6 is 12.2 Å². The molecule has 0 bridgehead atoms. The molecule has 0 saturated carbocycles. The van der Waals surface area contributed by atoms with Gasteiger partial charge in [0.2, 0.25) is 0 Å². The topological polar surface area (TPSA) is 3.24 Å². The highest BCUT2D eigenvalue weighted by atomic mass is 32.1. The standard InChI is InChI=1S/C13H19NSSi/c1-14-11(10-8-6-5-7-9-10)12(13(14)15)16(2,3)4/h5-9,11-12H,1-4H3/t11-,12?/m0/s1. The number of rotatable bonds is 2. The molecular weight excluding hydrogens is 230 g/mol. The molecule has 16 heavy (non-hydrogen) atoms. The van der Waals surface area contributed by atoms with Crippen molar-refractivity contribution in [2.75, 3.05) is 7.05 Å². The van der Waals surface area contributed by atoms with Crippen molar-refractivity contribution >= 4 is 25.3 Å². The normalized spacial score (nSPS) is 25.5. The minimum absolute atomic E-state index is 0.514. The number of hydrogen-bond donors (Lipinski definition) is 0. The van der Waals surface area contributed by atoms with E-state index in [9.17, 15) is 0 Å². The van der Waals surface area contributed by atoms with E-state index in [2.05, 4.69) is 61.9 Å². The molecule has 0 radical (unpaired) electrons. The Morgan fingerprint density at radius 3 is 2.19 bits per heavy atom. The van der Waals surface area contributed by atoms with Gasteiger partial charge in [0.1, 0.15) is 0 Å². The predicted molar refractivity (Wildman–Crippen MR) is 76.6 cm³/mol. The van der Waals surface area contributed by atoms with Crippen LogP contribution in [0.3, 0.4) is 0 Å². The minimum Gasteiger partial charge on any atom is -0.362 e. The zero-order valence-electron chi connectivity index (χ0n) is 10.4. The first-order valence-electron chi connectivity index (χ1n) is 5.74. The maximum Gasteiger partial charge on any atom is 0.0809 e. The second kappa shape index (κ2) is 3.97. The van der Waals surface area contributed by atoms with Gasteiger partial charge in [-0.1, -0.05) is 62.2 Å². The largest absolute Gasteiger partial charge is 0.362 e. The van der Waals surface area contributed by atoms with Crippen LogP contribution in [-0.2, 0) is 0 Å². The second-order valence-corrected chi connectivity index (χ2v) is 11.4. The maximum atomic E-state index is 5.51. The summed E-state index contributed by atoms with van der Waals surface area (Å²) in [5.41, 5.74) is 2.03. The second-order valence-electron chi connectivity index (χ2n) is 5.65. The summed E-state index contributed by atoms with van der Waals surface area (Å²) in [4.78, 5) is 3.42. The molecule has 0 aliphatic carbocycles. The average molecular weight is 249 g/mol. The van der Waals surface area contributed by atoms with Crippen molar-refractivity contribution in [1.82, 2.24) is 4.90 Å². The summed E-state index contributed by atoms with van der Waals surface area (Å²) in [5.74, 6) is 0. The van der Waals surface area contributed by atoms with Crippen LogP contribution in [0.4, 0.5) is 0 Å². The number of thiocarbonyl (C=S) groups is 1. The van der Waals surface area contributed by atoms with Crippen molar-refractivity contribution in [3.05, 3.63) is 35.9 Å². The molecule has 1 aliphatic heterocycles. The third-order valence-corrected chi connectivity index (χ3v) is 6.63. The van der Waals surface area contributed by atoms with Crippen LogP contribution in [0.2, 0.25) is 25.2 Å². The van der Waals surface area contributed by atoms with E-state index in [1.165, 1.54) is 5.56 Å². The molecular formula is C13H19NSSi. The lowest BCUT2D eigenvalue weighted by Crippen LogP contribution is -2.56. The maximum absolute atomic E-state index is 5.51. The fraction of sp³-hybridized carbons (Fsp3) is 0.462. The quantitative estimate of drug-likeness (QED) is 0.581. The highest BCUT2D eigenvalue weighted by molar-refractivity contribution is 7.80. The zero-order valence-corrected chi connectivity index (χ0v) is 12.2. The molecule has 1 aliphatic rings. The Bertz CT molecular complexity index is 396. The van der Waals surface area contributed by atoms with Gasteiger partial charge in [-0.25, -0.2) is 0 Å². The third kappa shape index (κ3) is 1.82. The van der Waals surface area contributed by atoms with E-state index in [0.717, 1.165) is 4.99 Å². The summed E-state index contributed by atoms with van der Waals surface area (Å²) < 4.78 is 0. The summed E-state index contributed by atoms with van der Waals surface area (Å²) >= 11 is 5.51. The molecule has 0 N–H and O–H groups in total. The van der Waals surface area contributed by atoms with Gasteiger partial charge in [0.25, 0.3) is 0 Å². The smallest absolute Gasteiger partial charge is 0.0809 e. The van der Waals surface area contributed by atoms with E-state index >= 15 is 0 Å². The fourth-order valence-corrected chi connectivity index (χ4v) is 6.15. The number of hydrogen-bond acceptors (Lipinski definition) is 1. The zero-order chi connectivity index (χ0) is 11.9. The number of likely N-dealkylation sites (tertiary alicyclic amines) is 1. The molecule has 1 unspecified atom stereocenters. The highest BCUT2D eigenvalue weighted by Crippen LogP contribution is 2.49. The van der Waals surface area contributed by atoms with Crippen LogP contribution in [-0.4, -0.2) is 25.0 Å². The molecule has 1 saturated heterocycles. The van der Waals surface area contributed by atoms with E-state index in [1.807, 2.05) is 0 Å². The summed E-state index contributed by atoms with van der Waals surface area (Å²) in [5, 5.41) is 0. The Morgan fingerprint density at radius 2 is 1.69 bits per heavy atom. The van der Waals surface area contributed by atoms with E-state index in [4.69, 9.17) is 12.2 Å². The lowest BCUT2D eigenvalue weighted by Gasteiger charge is -2.53. The molecule has 0 spiro atoms. The van der Waals surface area contributed by atoms with Crippen LogP contribution in [0.25, 0.3) is 0 Å². The summed E-state index contributed by atoms with van der Waals surface area (Å²) in [6.45, 7) is 7.23. The van der Waals surface area contributed by atoms with Crippen LogP contribution in [0.1, 0.15) is 11.6 Å². The SMILES string of the molecule is CN1C(=S)C([Si](C)(C)C)[C@@H]1c1ccccc1. The van der Waals surface area contributed by atoms with Gasteiger partial charge >= 0.3 is 0 Å². The van der Waals surface area contributed by atoms with Crippen LogP contribution in [0.5, 0.6) is 0 Å². The van der Waals surface area contributed by atoms with Gasteiger partial charge < -0.3 is 4.90 Å². The van der Waals surface area contributed by atoms with Crippen molar-refractivity contribution < 1.29 is 0 Å². The first kappa shape index (κ1) is 11.8. The molecule has 1 fully saturated rings. The molecule has 1 nitrogen and oxygen atoms in total. The first-order chi connectivity index (χ1) is 7.43. The third-order valence-electron chi connectivity index (χ3n) is 3.42. The van der Waals surface area contributed by atoms with Crippen LogP contribution in [0, 0.1) is 0 Å². The Hall–Kier alpha value is -0.673. The lowest BCUT2D eigenvalue weighted by molar-refractivity contribution is 0.306. The minimum atomic E-state index is -1.21. The fourth-order valence-electron chi connectivity index (χ4n) is 2.54. The van der Waals surface area contributed by atoms with E-state index in [0.29, 0.717) is 11.6 Å². The Balaban J connectivity index is 2.31. The molecule has 2 rings (SSSR count). The van der Waals surface area contributed by atoms with Gasteiger partial charge in [0.15, 0.2) is 0 Å². The van der Waals surface area contributed by atoms with Crippen molar-refractivity contribution in [1.29, 1.82) is 0 Å². The summed E-state index contributed by atoms with van der Waals surface area (Å²) in [6, 6.07) is 11.3. The van der Waals surface area contributed by atoms with Gasteiger partial charge in [-0.2, -0.15) is 0 Å². The monoisotopic (exact) mass is 249 g/mol. The van der Waals surface area contributed by atoms with Crippen LogP contribution in [0.15, 0.2) is 30.3 Å². The lowest BCUT2D eigenvalue weighted by atomic mass is 9.95. The van der Waals surface area contributed by atoms with Crippen LogP contribution < -0.4 is 0 Å². The molecule has 0 amide bonds. The van der Waals surface area contributed by atoms with Crippen molar-refractivity contribution in [3.63, 3.8) is 0 Å². The molecule has 1 aromatic carbocycles. The summed E-state index contributed by atoms with van der Waals surface area (Å²) in [7, 11) is 0.914. The van der Waals surface area contributed by atoms with Crippen molar-refractivity contribution in [2.45, 2.75) is 31.2 Å². The van der Waals surface area contributed by atoms with Gasteiger partial charge in [0, 0.05) is 12.6 Å². The van der Waals surface area contributed by atoms with Gasteiger partial charge in [-0.15, -0.1) is 0 Å². The number of benzene rings is 1. The Morgan fingerprint density at radius 1 is 1.12 bits per heavy atom. The Labute approximate surface area is 104 Å². The van der Waals surface area contributed by atoms with Crippen molar-refractivity contribution in [3.8, 4) is 0 Å². The molecule has 0 aromatic heterocycles. The molecule has 2 atom stereocenters. The van der Waals surface area contributed by atoms with E-state index in [-0.39, 0.29) is 0 Å².